The molecule has 0 bridgehead atoms. The van der Waals surface area contributed by atoms with E-state index in [2.05, 4.69) is 12.4 Å². The molecule has 0 amide bonds. The lowest BCUT2D eigenvalue weighted by Gasteiger charge is -2.31. The first-order chi connectivity index (χ1) is 8.40. The summed E-state index contributed by atoms with van der Waals surface area (Å²) in [4.78, 5) is 0. The first-order valence-corrected chi connectivity index (χ1v) is 7.26. The third kappa shape index (κ3) is 4.23. The second-order valence-electron chi connectivity index (χ2n) is 5.41. The molecule has 0 aliphatic carbocycles. The monoisotopic (exact) mass is 241 g/mol. The minimum Gasteiger partial charge on any atom is -0.381 e. The van der Waals surface area contributed by atoms with Gasteiger partial charge in [0.25, 0.3) is 0 Å². The van der Waals surface area contributed by atoms with Crippen LogP contribution >= 0.6 is 0 Å². The maximum absolute atomic E-state index is 5.81. The molecule has 2 atom stereocenters. The van der Waals surface area contributed by atoms with Gasteiger partial charge in [0.15, 0.2) is 0 Å². The molecular formula is C14H27NO2. The highest BCUT2D eigenvalue weighted by Crippen LogP contribution is 2.24. The topological polar surface area (TPSA) is 30.5 Å². The van der Waals surface area contributed by atoms with Crippen LogP contribution in [0.25, 0.3) is 0 Å². The van der Waals surface area contributed by atoms with Crippen LogP contribution in [-0.4, -0.2) is 39.0 Å². The van der Waals surface area contributed by atoms with E-state index in [4.69, 9.17) is 9.47 Å². The summed E-state index contributed by atoms with van der Waals surface area (Å²) in [5.41, 5.74) is 0. The van der Waals surface area contributed by atoms with Gasteiger partial charge < -0.3 is 14.8 Å². The van der Waals surface area contributed by atoms with Crippen LogP contribution in [0.15, 0.2) is 0 Å². The molecule has 2 heterocycles. The first-order valence-electron chi connectivity index (χ1n) is 7.26. The fourth-order valence-electron chi connectivity index (χ4n) is 3.13. The summed E-state index contributed by atoms with van der Waals surface area (Å²) in [6, 6.07) is 0.657. The lowest BCUT2D eigenvalue weighted by Crippen LogP contribution is -2.38. The van der Waals surface area contributed by atoms with E-state index in [-0.39, 0.29) is 0 Å². The zero-order valence-electron chi connectivity index (χ0n) is 11.1. The Balaban J connectivity index is 1.70. The summed E-state index contributed by atoms with van der Waals surface area (Å²) in [6.07, 6.45) is 9.32. The summed E-state index contributed by atoms with van der Waals surface area (Å²) in [7, 11) is 2.10. The average Bonchev–Trinajstić information content (AvgIpc) is 2.42. The lowest BCUT2D eigenvalue weighted by atomic mass is 9.87. The number of hydrogen-bond acceptors (Lipinski definition) is 3. The molecule has 3 heteroatoms. The van der Waals surface area contributed by atoms with Crippen LogP contribution < -0.4 is 5.32 Å². The van der Waals surface area contributed by atoms with E-state index in [0.717, 1.165) is 25.7 Å². The predicted octanol–water partition coefficient (Wildman–Crippen LogP) is 2.35. The largest absolute Gasteiger partial charge is 0.381 e. The summed E-state index contributed by atoms with van der Waals surface area (Å²) < 4.78 is 11.2. The Bertz CT molecular complexity index is 198. The normalized spacial score (nSPS) is 29.1. The van der Waals surface area contributed by atoms with Crippen LogP contribution in [0.2, 0.25) is 0 Å². The minimum atomic E-state index is 0.527. The second kappa shape index (κ2) is 7.34. The summed E-state index contributed by atoms with van der Waals surface area (Å²) >= 11 is 0. The van der Waals surface area contributed by atoms with Gasteiger partial charge in [-0.05, 0) is 57.9 Å². The average molecular weight is 241 g/mol. The summed E-state index contributed by atoms with van der Waals surface area (Å²) in [5.74, 6) is 0.803. The Morgan fingerprint density at radius 3 is 2.59 bits per heavy atom. The first kappa shape index (κ1) is 13.3. The zero-order chi connectivity index (χ0) is 11.9. The van der Waals surface area contributed by atoms with Gasteiger partial charge in [0.05, 0.1) is 6.10 Å². The van der Waals surface area contributed by atoms with Crippen molar-refractivity contribution in [1.29, 1.82) is 0 Å². The molecule has 0 aromatic heterocycles. The van der Waals surface area contributed by atoms with Crippen molar-refractivity contribution in [3.63, 3.8) is 0 Å². The quantitative estimate of drug-likeness (QED) is 0.801. The molecule has 2 aliphatic heterocycles. The van der Waals surface area contributed by atoms with Crippen LogP contribution in [0, 0.1) is 5.92 Å². The van der Waals surface area contributed by atoms with Crippen molar-refractivity contribution in [2.75, 3.05) is 26.9 Å². The number of rotatable bonds is 5. The third-order valence-electron chi connectivity index (χ3n) is 4.28. The second-order valence-corrected chi connectivity index (χ2v) is 5.41. The van der Waals surface area contributed by atoms with Gasteiger partial charge in [-0.2, -0.15) is 0 Å². The lowest BCUT2D eigenvalue weighted by molar-refractivity contribution is 0.00441. The molecule has 0 aromatic carbocycles. The predicted molar refractivity (Wildman–Crippen MR) is 69.2 cm³/mol. The molecule has 3 nitrogen and oxygen atoms in total. The molecule has 2 aliphatic rings. The maximum Gasteiger partial charge on any atom is 0.0575 e. The molecule has 2 fully saturated rings. The number of nitrogens with one attached hydrogen (secondary N) is 1. The molecule has 0 aromatic rings. The molecule has 2 rings (SSSR count). The van der Waals surface area contributed by atoms with E-state index in [1.54, 1.807) is 0 Å². The SMILES string of the molecule is CNC(CCC1CCCCO1)C1CCOCC1. The van der Waals surface area contributed by atoms with E-state index in [1.807, 2.05) is 0 Å². The molecule has 100 valence electrons. The van der Waals surface area contributed by atoms with Crippen LogP contribution in [0.1, 0.15) is 44.9 Å². The van der Waals surface area contributed by atoms with Gasteiger partial charge in [0.1, 0.15) is 0 Å². The number of ether oxygens (including phenoxy) is 2. The van der Waals surface area contributed by atoms with Gasteiger partial charge in [0.2, 0.25) is 0 Å². The highest BCUT2D eigenvalue weighted by Gasteiger charge is 2.24. The van der Waals surface area contributed by atoms with E-state index in [1.165, 1.54) is 44.9 Å². The van der Waals surface area contributed by atoms with Crippen molar-refractivity contribution in [3.8, 4) is 0 Å². The zero-order valence-corrected chi connectivity index (χ0v) is 11.1. The van der Waals surface area contributed by atoms with Crippen molar-refractivity contribution in [2.45, 2.75) is 57.1 Å². The Labute approximate surface area is 105 Å². The van der Waals surface area contributed by atoms with Gasteiger partial charge in [0, 0.05) is 25.9 Å². The van der Waals surface area contributed by atoms with E-state index in [0.29, 0.717) is 12.1 Å². The van der Waals surface area contributed by atoms with Crippen LogP contribution in [-0.2, 0) is 9.47 Å². The molecule has 2 saturated heterocycles. The Morgan fingerprint density at radius 1 is 1.12 bits per heavy atom. The van der Waals surface area contributed by atoms with E-state index < -0.39 is 0 Å². The van der Waals surface area contributed by atoms with Crippen LogP contribution in [0.5, 0.6) is 0 Å². The summed E-state index contributed by atoms with van der Waals surface area (Å²) in [6.45, 7) is 2.87. The standard InChI is InChI=1S/C14H27NO2/c1-15-14(12-7-10-16-11-8-12)6-5-13-4-2-3-9-17-13/h12-15H,2-11H2,1H3. The smallest absolute Gasteiger partial charge is 0.0575 e. The fraction of sp³-hybridized carbons (Fsp3) is 1.00. The fourth-order valence-corrected chi connectivity index (χ4v) is 3.13. The summed E-state index contributed by atoms with van der Waals surface area (Å²) in [5, 5.41) is 3.50. The van der Waals surface area contributed by atoms with Crippen LogP contribution in [0.3, 0.4) is 0 Å². The molecule has 2 unspecified atom stereocenters. The Morgan fingerprint density at radius 2 is 1.94 bits per heavy atom. The minimum absolute atomic E-state index is 0.527. The van der Waals surface area contributed by atoms with Crippen molar-refractivity contribution in [1.82, 2.24) is 5.32 Å². The molecular weight excluding hydrogens is 214 g/mol. The number of hydrogen-bond donors (Lipinski definition) is 1. The maximum atomic E-state index is 5.81. The molecule has 17 heavy (non-hydrogen) atoms. The van der Waals surface area contributed by atoms with E-state index in [9.17, 15) is 0 Å². The van der Waals surface area contributed by atoms with Gasteiger partial charge in [-0.1, -0.05) is 0 Å². The van der Waals surface area contributed by atoms with Crippen LogP contribution in [0.4, 0.5) is 0 Å². The highest BCUT2D eigenvalue weighted by molar-refractivity contribution is 4.79. The van der Waals surface area contributed by atoms with Gasteiger partial charge in [-0.15, -0.1) is 0 Å². The Hall–Kier alpha value is -0.120. The molecule has 0 radical (unpaired) electrons. The third-order valence-corrected chi connectivity index (χ3v) is 4.28. The van der Waals surface area contributed by atoms with Crippen molar-refractivity contribution in [2.24, 2.45) is 5.92 Å². The Kier molecular flexibility index (Phi) is 5.75. The van der Waals surface area contributed by atoms with Gasteiger partial charge in [-0.25, -0.2) is 0 Å². The van der Waals surface area contributed by atoms with Crippen molar-refractivity contribution >= 4 is 0 Å². The molecule has 0 spiro atoms. The highest BCUT2D eigenvalue weighted by atomic mass is 16.5. The van der Waals surface area contributed by atoms with E-state index >= 15 is 0 Å². The van der Waals surface area contributed by atoms with Crippen molar-refractivity contribution in [3.05, 3.63) is 0 Å². The van der Waals surface area contributed by atoms with Gasteiger partial charge >= 0.3 is 0 Å². The van der Waals surface area contributed by atoms with Gasteiger partial charge in [-0.3, -0.25) is 0 Å². The molecule has 0 saturated carbocycles. The van der Waals surface area contributed by atoms with Crippen molar-refractivity contribution < 1.29 is 9.47 Å². The molecule has 1 N–H and O–H groups in total.